The van der Waals surface area contributed by atoms with Gasteiger partial charge in [-0.2, -0.15) is 4.98 Å². The predicted octanol–water partition coefficient (Wildman–Crippen LogP) is 0.529. The minimum Gasteiger partial charge on any atom is -0.377 e. The second kappa shape index (κ2) is 5.89. The standard InChI is InChI=1S/C11H17N5O3S2/c12-15-9-10(16-4-6-20-11(16)14-9)21(17,18)13-7-8-3-1-2-5-19-8/h4,6,8,13,15H,1-3,5,7,12H2. The Kier molecular flexibility index (Phi) is 4.13. The van der Waals surface area contributed by atoms with Crippen LogP contribution < -0.4 is 16.0 Å². The molecule has 116 valence electrons. The van der Waals surface area contributed by atoms with Gasteiger partial charge in [0.2, 0.25) is 5.03 Å². The normalized spacial score (nSPS) is 20.0. The van der Waals surface area contributed by atoms with Crippen molar-refractivity contribution in [2.75, 3.05) is 18.6 Å². The molecule has 1 unspecified atom stereocenters. The van der Waals surface area contributed by atoms with Crippen molar-refractivity contribution in [2.45, 2.75) is 30.4 Å². The van der Waals surface area contributed by atoms with Gasteiger partial charge in [0.15, 0.2) is 10.8 Å². The van der Waals surface area contributed by atoms with Crippen LogP contribution in [0.3, 0.4) is 0 Å². The van der Waals surface area contributed by atoms with E-state index in [0.717, 1.165) is 19.3 Å². The number of anilines is 1. The summed E-state index contributed by atoms with van der Waals surface area (Å²) in [6.45, 7) is 0.938. The molecule has 1 saturated heterocycles. The van der Waals surface area contributed by atoms with Gasteiger partial charge in [-0.05, 0) is 19.3 Å². The zero-order valence-electron chi connectivity index (χ0n) is 11.3. The Balaban J connectivity index is 1.83. The number of nitrogens with two attached hydrogens (primary N) is 1. The van der Waals surface area contributed by atoms with Gasteiger partial charge in [0.25, 0.3) is 10.0 Å². The molecule has 0 saturated carbocycles. The van der Waals surface area contributed by atoms with Gasteiger partial charge in [-0.1, -0.05) is 0 Å². The lowest BCUT2D eigenvalue weighted by Gasteiger charge is -2.22. The van der Waals surface area contributed by atoms with Crippen molar-refractivity contribution < 1.29 is 13.2 Å². The highest BCUT2D eigenvalue weighted by Gasteiger charge is 2.27. The number of imidazole rings is 1. The summed E-state index contributed by atoms with van der Waals surface area (Å²) in [5.74, 6) is 5.51. The molecule has 21 heavy (non-hydrogen) atoms. The molecule has 1 atom stereocenters. The van der Waals surface area contributed by atoms with Crippen molar-refractivity contribution in [1.82, 2.24) is 14.1 Å². The molecule has 0 radical (unpaired) electrons. The van der Waals surface area contributed by atoms with E-state index in [1.165, 1.54) is 15.7 Å². The van der Waals surface area contributed by atoms with E-state index < -0.39 is 10.0 Å². The number of sulfonamides is 1. The van der Waals surface area contributed by atoms with E-state index in [9.17, 15) is 8.42 Å². The molecule has 0 spiro atoms. The third-order valence-electron chi connectivity index (χ3n) is 3.38. The Hall–Kier alpha value is -1.20. The maximum absolute atomic E-state index is 12.5. The van der Waals surface area contributed by atoms with Gasteiger partial charge in [-0.15, -0.1) is 11.3 Å². The SMILES string of the molecule is NNc1nc2sccn2c1S(=O)(=O)NCC1CCCCO1. The second-order valence-corrected chi connectivity index (χ2v) is 7.36. The molecule has 1 aliphatic heterocycles. The molecule has 10 heteroatoms. The van der Waals surface area contributed by atoms with Crippen LogP contribution >= 0.6 is 11.3 Å². The number of ether oxygens (including phenoxy) is 1. The summed E-state index contributed by atoms with van der Waals surface area (Å²) in [7, 11) is -3.72. The van der Waals surface area contributed by atoms with Gasteiger partial charge in [-0.3, -0.25) is 4.40 Å². The molecule has 0 amide bonds. The number of nitrogens with one attached hydrogen (secondary N) is 2. The first kappa shape index (κ1) is 14.7. The largest absolute Gasteiger partial charge is 0.377 e. The lowest BCUT2D eigenvalue weighted by molar-refractivity contribution is 0.0200. The first-order valence-corrected chi connectivity index (χ1v) is 9.01. The Morgan fingerprint density at radius 1 is 1.52 bits per heavy atom. The third kappa shape index (κ3) is 2.90. The molecule has 3 rings (SSSR count). The minimum absolute atomic E-state index is 0.0251. The van der Waals surface area contributed by atoms with E-state index in [0.29, 0.717) is 11.6 Å². The fourth-order valence-corrected chi connectivity index (χ4v) is 4.43. The molecule has 4 N–H and O–H groups in total. The predicted molar refractivity (Wildman–Crippen MR) is 79.7 cm³/mol. The summed E-state index contributed by atoms with van der Waals surface area (Å²) in [6.07, 6.45) is 4.53. The number of nitrogen functional groups attached to an aromatic ring is 1. The first-order valence-electron chi connectivity index (χ1n) is 6.65. The highest BCUT2D eigenvalue weighted by molar-refractivity contribution is 7.89. The first-order chi connectivity index (χ1) is 10.1. The van der Waals surface area contributed by atoms with Gasteiger partial charge < -0.3 is 10.2 Å². The molecule has 1 aliphatic rings. The van der Waals surface area contributed by atoms with Crippen LogP contribution in [0.4, 0.5) is 5.82 Å². The number of rotatable bonds is 5. The highest BCUT2D eigenvalue weighted by atomic mass is 32.2. The molecule has 2 aromatic heterocycles. The maximum Gasteiger partial charge on any atom is 0.260 e. The van der Waals surface area contributed by atoms with Gasteiger partial charge >= 0.3 is 0 Å². The van der Waals surface area contributed by atoms with Crippen LogP contribution in [-0.4, -0.2) is 37.1 Å². The van der Waals surface area contributed by atoms with E-state index in [4.69, 9.17) is 10.6 Å². The summed E-state index contributed by atoms with van der Waals surface area (Å²) >= 11 is 1.34. The average Bonchev–Trinajstić information content (AvgIpc) is 3.06. The average molecular weight is 331 g/mol. The van der Waals surface area contributed by atoms with Gasteiger partial charge in [0.1, 0.15) is 0 Å². The lowest BCUT2D eigenvalue weighted by atomic mass is 10.1. The zero-order valence-corrected chi connectivity index (χ0v) is 12.9. The highest BCUT2D eigenvalue weighted by Crippen LogP contribution is 2.25. The fraction of sp³-hybridized carbons (Fsp3) is 0.545. The quantitative estimate of drug-likeness (QED) is 0.544. The summed E-state index contributed by atoms with van der Waals surface area (Å²) < 4.78 is 34.6. The van der Waals surface area contributed by atoms with Crippen molar-refractivity contribution in [3.63, 3.8) is 0 Å². The van der Waals surface area contributed by atoms with Crippen LogP contribution in [0.1, 0.15) is 19.3 Å². The van der Waals surface area contributed by atoms with Crippen molar-refractivity contribution >= 4 is 32.1 Å². The molecule has 3 heterocycles. The summed E-state index contributed by atoms with van der Waals surface area (Å²) in [5, 5.41) is 1.79. The molecule has 1 fully saturated rings. The van der Waals surface area contributed by atoms with E-state index in [1.54, 1.807) is 11.6 Å². The molecular weight excluding hydrogens is 314 g/mol. The van der Waals surface area contributed by atoms with Gasteiger partial charge in [0.05, 0.1) is 6.10 Å². The topological polar surface area (TPSA) is 111 Å². The summed E-state index contributed by atoms with van der Waals surface area (Å²) in [6, 6.07) is 0. The smallest absolute Gasteiger partial charge is 0.260 e. The molecule has 0 bridgehead atoms. The number of hydrogen-bond donors (Lipinski definition) is 3. The Labute approximate surface area is 126 Å². The number of hydrogen-bond acceptors (Lipinski definition) is 7. The molecule has 0 aromatic carbocycles. The Bertz CT molecular complexity index is 717. The Morgan fingerprint density at radius 3 is 3.10 bits per heavy atom. The molecular formula is C11H17N5O3S2. The van der Waals surface area contributed by atoms with Gasteiger partial charge in [0, 0.05) is 24.7 Å². The van der Waals surface area contributed by atoms with Crippen molar-refractivity contribution in [2.24, 2.45) is 5.84 Å². The van der Waals surface area contributed by atoms with E-state index in [2.05, 4.69) is 15.1 Å². The third-order valence-corrected chi connectivity index (χ3v) is 5.59. The van der Waals surface area contributed by atoms with Crippen molar-refractivity contribution in [3.8, 4) is 0 Å². The summed E-state index contributed by atoms with van der Waals surface area (Å²) in [4.78, 5) is 4.71. The Morgan fingerprint density at radius 2 is 2.38 bits per heavy atom. The lowest BCUT2D eigenvalue weighted by Crippen LogP contribution is -2.36. The van der Waals surface area contributed by atoms with Crippen LogP contribution in [0.15, 0.2) is 16.6 Å². The molecule has 2 aromatic rings. The van der Waals surface area contributed by atoms with Crippen molar-refractivity contribution in [3.05, 3.63) is 11.6 Å². The molecule has 8 nitrogen and oxygen atoms in total. The number of fused-ring (bicyclic) bond motifs is 1. The summed E-state index contributed by atoms with van der Waals surface area (Å²) in [5.41, 5.74) is 2.34. The fourth-order valence-electron chi connectivity index (χ4n) is 2.36. The minimum atomic E-state index is -3.72. The van der Waals surface area contributed by atoms with Gasteiger partial charge in [-0.25, -0.2) is 19.0 Å². The van der Waals surface area contributed by atoms with Crippen LogP contribution in [0.25, 0.3) is 4.96 Å². The van der Waals surface area contributed by atoms with E-state index >= 15 is 0 Å². The monoisotopic (exact) mass is 331 g/mol. The maximum atomic E-state index is 12.5. The van der Waals surface area contributed by atoms with Crippen LogP contribution in [0, 0.1) is 0 Å². The van der Waals surface area contributed by atoms with Crippen LogP contribution in [0.2, 0.25) is 0 Å². The van der Waals surface area contributed by atoms with E-state index in [1.807, 2.05) is 0 Å². The van der Waals surface area contributed by atoms with Crippen molar-refractivity contribution in [1.29, 1.82) is 0 Å². The van der Waals surface area contributed by atoms with E-state index in [-0.39, 0.29) is 23.5 Å². The number of nitrogens with zero attached hydrogens (tertiary/aromatic N) is 2. The zero-order chi connectivity index (χ0) is 14.9. The molecule has 0 aliphatic carbocycles. The van der Waals surface area contributed by atoms with Crippen LogP contribution in [-0.2, 0) is 14.8 Å². The van der Waals surface area contributed by atoms with Crippen LogP contribution in [0.5, 0.6) is 0 Å². The number of thiazole rings is 1. The number of aromatic nitrogens is 2. The number of hydrazine groups is 1. The second-order valence-electron chi connectivity index (χ2n) is 4.81.